The third-order valence-electron chi connectivity index (χ3n) is 3.22. The molecule has 0 spiro atoms. The Morgan fingerprint density at radius 2 is 1.64 bits per heavy atom. The molecule has 2 aromatic carbocycles. The highest BCUT2D eigenvalue weighted by Crippen LogP contribution is 2.18. The van der Waals surface area contributed by atoms with E-state index in [-0.39, 0.29) is 0 Å². The Morgan fingerprint density at radius 1 is 1.00 bits per heavy atom. The molecular weight excluding hydrogens is 322 g/mol. The van der Waals surface area contributed by atoms with Gasteiger partial charge in [-0.1, -0.05) is 48.0 Å². The highest BCUT2D eigenvalue weighted by molar-refractivity contribution is 6.27. The van der Waals surface area contributed by atoms with E-state index in [4.69, 9.17) is 24.5 Å². The van der Waals surface area contributed by atoms with Gasteiger partial charge in [-0.25, -0.2) is 9.59 Å². The first-order chi connectivity index (χ1) is 11.9. The topological polar surface area (TPSA) is 95.9 Å². The lowest BCUT2D eigenvalue weighted by atomic mass is 10.1. The lowest BCUT2D eigenvalue weighted by Gasteiger charge is -2.10. The number of rotatable bonds is 6. The first-order valence-electron chi connectivity index (χ1n) is 7.81. The van der Waals surface area contributed by atoms with Crippen LogP contribution in [-0.2, 0) is 16.1 Å². The lowest BCUT2D eigenvalue weighted by Crippen LogP contribution is -2.20. The predicted molar refractivity (Wildman–Crippen MR) is 94.8 cm³/mol. The zero-order valence-electron chi connectivity index (χ0n) is 14.4. The second-order valence-electron chi connectivity index (χ2n) is 5.39. The van der Waals surface area contributed by atoms with Gasteiger partial charge in [0.1, 0.15) is 12.4 Å². The van der Waals surface area contributed by atoms with Crippen LogP contribution in [0.2, 0.25) is 0 Å². The first kappa shape index (κ1) is 20.2. The highest BCUT2D eigenvalue weighted by atomic mass is 16.5. The van der Waals surface area contributed by atoms with Crippen LogP contribution < -0.4 is 10.1 Å². The van der Waals surface area contributed by atoms with E-state index in [2.05, 4.69) is 55.6 Å². The molecule has 0 heterocycles. The molecule has 0 atom stereocenters. The van der Waals surface area contributed by atoms with Crippen LogP contribution in [0.15, 0.2) is 48.5 Å². The van der Waals surface area contributed by atoms with Gasteiger partial charge in [-0.2, -0.15) is 0 Å². The van der Waals surface area contributed by atoms with Crippen LogP contribution in [0.25, 0.3) is 0 Å². The Bertz CT molecular complexity index is 673. The van der Waals surface area contributed by atoms with Crippen molar-refractivity contribution >= 4 is 11.9 Å². The van der Waals surface area contributed by atoms with E-state index in [9.17, 15) is 0 Å². The Balaban J connectivity index is 0.000000450. The maximum absolute atomic E-state index is 9.10. The number of carboxylic acid groups (broad SMARTS) is 2. The largest absolute Gasteiger partial charge is 0.492 e. The summed E-state index contributed by atoms with van der Waals surface area (Å²) in [5.74, 6) is -2.67. The van der Waals surface area contributed by atoms with Gasteiger partial charge in [-0.05, 0) is 31.0 Å². The van der Waals surface area contributed by atoms with Crippen molar-refractivity contribution in [1.82, 2.24) is 5.32 Å². The van der Waals surface area contributed by atoms with Gasteiger partial charge in [0.25, 0.3) is 0 Å². The van der Waals surface area contributed by atoms with Crippen molar-refractivity contribution in [1.29, 1.82) is 0 Å². The maximum Gasteiger partial charge on any atom is 0.414 e. The zero-order valence-corrected chi connectivity index (χ0v) is 14.4. The fourth-order valence-electron chi connectivity index (χ4n) is 2.02. The first-order valence-corrected chi connectivity index (χ1v) is 7.81. The molecule has 0 aliphatic heterocycles. The fraction of sp³-hybridized carbons (Fsp3) is 0.263. The molecule has 0 aliphatic carbocycles. The van der Waals surface area contributed by atoms with E-state index in [0.717, 1.165) is 18.8 Å². The van der Waals surface area contributed by atoms with E-state index in [0.29, 0.717) is 6.61 Å². The quantitative estimate of drug-likeness (QED) is 0.550. The summed E-state index contributed by atoms with van der Waals surface area (Å²) in [6.45, 7) is 6.61. The number of hydrogen-bond acceptors (Lipinski definition) is 4. The van der Waals surface area contributed by atoms with Gasteiger partial charge in [0.05, 0.1) is 0 Å². The molecule has 0 radical (unpaired) electrons. The minimum Gasteiger partial charge on any atom is -0.492 e. The summed E-state index contributed by atoms with van der Waals surface area (Å²) in [6, 6.07) is 16.7. The predicted octanol–water partition coefficient (Wildman–Crippen LogP) is 2.63. The van der Waals surface area contributed by atoms with Crippen molar-refractivity contribution in [3.63, 3.8) is 0 Å². The number of carbonyl (C=O) groups is 2. The van der Waals surface area contributed by atoms with Gasteiger partial charge in [-0.15, -0.1) is 0 Å². The average molecular weight is 345 g/mol. The summed E-state index contributed by atoms with van der Waals surface area (Å²) in [7, 11) is 0. The minimum atomic E-state index is -1.82. The van der Waals surface area contributed by atoms with Gasteiger partial charge < -0.3 is 20.3 Å². The van der Waals surface area contributed by atoms with Gasteiger partial charge in [0, 0.05) is 13.1 Å². The number of hydrogen-bond donors (Lipinski definition) is 3. The van der Waals surface area contributed by atoms with Crippen LogP contribution in [-0.4, -0.2) is 35.3 Å². The monoisotopic (exact) mass is 345 g/mol. The molecule has 0 unspecified atom stereocenters. The van der Waals surface area contributed by atoms with Crippen LogP contribution in [0.3, 0.4) is 0 Å². The summed E-state index contributed by atoms with van der Waals surface area (Å²) in [6.07, 6.45) is 0. The minimum absolute atomic E-state index is 0.691. The molecular formula is C19H23NO5. The molecule has 0 saturated carbocycles. The van der Waals surface area contributed by atoms with Crippen LogP contribution in [0.5, 0.6) is 5.75 Å². The summed E-state index contributed by atoms with van der Waals surface area (Å²) in [4.78, 5) is 18.2. The fourth-order valence-corrected chi connectivity index (χ4v) is 2.02. The van der Waals surface area contributed by atoms with E-state index < -0.39 is 11.9 Å². The lowest BCUT2D eigenvalue weighted by molar-refractivity contribution is -0.159. The number of benzene rings is 2. The van der Waals surface area contributed by atoms with E-state index in [1.165, 1.54) is 16.7 Å². The Morgan fingerprint density at radius 3 is 2.20 bits per heavy atom. The third kappa shape index (κ3) is 8.53. The smallest absolute Gasteiger partial charge is 0.414 e. The molecule has 2 rings (SSSR count). The summed E-state index contributed by atoms with van der Waals surface area (Å²) in [5, 5.41) is 18.2. The summed E-state index contributed by atoms with van der Waals surface area (Å²) < 4.78 is 5.77. The highest BCUT2D eigenvalue weighted by Gasteiger charge is 2.04. The molecule has 2 aromatic rings. The van der Waals surface area contributed by atoms with E-state index in [1.807, 2.05) is 12.1 Å². The molecule has 25 heavy (non-hydrogen) atoms. The van der Waals surface area contributed by atoms with E-state index >= 15 is 0 Å². The third-order valence-corrected chi connectivity index (χ3v) is 3.22. The Labute approximate surface area is 147 Å². The number of aryl methyl sites for hydroxylation is 2. The molecule has 0 aromatic heterocycles. The van der Waals surface area contributed by atoms with Crippen molar-refractivity contribution in [2.45, 2.75) is 20.4 Å². The van der Waals surface area contributed by atoms with Crippen molar-refractivity contribution in [2.75, 3.05) is 13.2 Å². The summed E-state index contributed by atoms with van der Waals surface area (Å²) in [5.41, 5.74) is 3.77. The molecule has 6 nitrogen and oxygen atoms in total. The van der Waals surface area contributed by atoms with Crippen molar-refractivity contribution in [3.05, 3.63) is 65.2 Å². The van der Waals surface area contributed by atoms with Crippen LogP contribution in [0.1, 0.15) is 16.7 Å². The molecule has 134 valence electrons. The number of ether oxygens (including phenoxy) is 1. The zero-order chi connectivity index (χ0) is 18.7. The maximum atomic E-state index is 9.10. The molecule has 0 saturated heterocycles. The second-order valence-corrected chi connectivity index (χ2v) is 5.39. The molecule has 6 heteroatoms. The molecule has 0 bridgehead atoms. The van der Waals surface area contributed by atoms with Crippen LogP contribution in [0.4, 0.5) is 0 Å². The van der Waals surface area contributed by atoms with Crippen molar-refractivity contribution < 1.29 is 24.5 Å². The molecule has 0 amide bonds. The molecule has 0 aliphatic rings. The second kappa shape index (κ2) is 10.8. The van der Waals surface area contributed by atoms with Crippen molar-refractivity contribution in [3.8, 4) is 5.75 Å². The molecule has 0 fully saturated rings. The summed E-state index contributed by atoms with van der Waals surface area (Å²) >= 11 is 0. The normalized spacial score (nSPS) is 9.68. The standard InChI is InChI=1S/C17H21NO.C2H2O4/c1-14-8-9-17(15(2)12-14)19-11-10-18-13-16-6-4-3-5-7-16;3-1(4)2(5)6/h3-9,12,18H,10-11,13H2,1-2H3;(H,3,4)(H,5,6). The number of nitrogens with one attached hydrogen (secondary N) is 1. The van der Waals surface area contributed by atoms with Gasteiger partial charge in [-0.3, -0.25) is 0 Å². The number of carboxylic acids is 2. The number of aliphatic carboxylic acids is 2. The molecule has 3 N–H and O–H groups in total. The van der Waals surface area contributed by atoms with Gasteiger partial charge >= 0.3 is 11.9 Å². The Kier molecular flexibility index (Phi) is 8.74. The van der Waals surface area contributed by atoms with Crippen LogP contribution >= 0.6 is 0 Å². The van der Waals surface area contributed by atoms with Crippen LogP contribution in [0, 0.1) is 13.8 Å². The van der Waals surface area contributed by atoms with Gasteiger partial charge in [0.2, 0.25) is 0 Å². The SMILES string of the molecule is Cc1ccc(OCCNCc2ccccc2)c(C)c1.O=C(O)C(=O)O. The van der Waals surface area contributed by atoms with Gasteiger partial charge in [0.15, 0.2) is 0 Å². The van der Waals surface area contributed by atoms with E-state index in [1.54, 1.807) is 0 Å². The Hall–Kier alpha value is -2.86. The van der Waals surface area contributed by atoms with Crippen molar-refractivity contribution in [2.24, 2.45) is 0 Å². The average Bonchev–Trinajstić information content (AvgIpc) is 2.58.